The van der Waals surface area contributed by atoms with E-state index in [9.17, 15) is 0 Å². The van der Waals surface area contributed by atoms with Crippen LogP contribution in [0.15, 0.2) is 0 Å². The standard InChI is InChI=1S/C9H23NOSi/c1-4-7-11-12(10,8-5-2)9-6-3/h4-10H2,1-3H3. The monoisotopic (exact) mass is 189 g/mol. The van der Waals surface area contributed by atoms with Gasteiger partial charge in [0.05, 0.1) is 0 Å². The van der Waals surface area contributed by atoms with Crippen molar-refractivity contribution in [3.8, 4) is 0 Å². The van der Waals surface area contributed by atoms with Gasteiger partial charge in [-0.1, -0.05) is 33.6 Å². The molecule has 3 heteroatoms. The average Bonchev–Trinajstić information content (AvgIpc) is 2.02. The van der Waals surface area contributed by atoms with Crippen molar-refractivity contribution in [2.75, 3.05) is 6.61 Å². The highest BCUT2D eigenvalue weighted by atomic mass is 28.4. The summed E-state index contributed by atoms with van der Waals surface area (Å²) < 4.78 is 5.78. The van der Waals surface area contributed by atoms with E-state index in [2.05, 4.69) is 20.8 Å². The van der Waals surface area contributed by atoms with E-state index in [-0.39, 0.29) is 0 Å². The van der Waals surface area contributed by atoms with Crippen molar-refractivity contribution < 1.29 is 4.43 Å². The van der Waals surface area contributed by atoms with Crippen LogP contribution in [0.2, 0.25) is 12.1 Å². The van der Waals surface area contributed by atoms with Crippen LogP contribution in [0.4, 0.5) is 0 Å². The quantitative estimate of drug-likeness (QED) is 0.625. The first-order chi connectivity index (χ1) is 5.68. The summed E-state index contributed by atoms with van der Waals surface area (Å²) in [7, 11) is -1.77. The molecule has 2 N–H and O–H groups in total. The highest BCUT2D eigenvalue weighted by Gasteiger charge is 2.27. The number of hydrogen-bond donors (Lipinski definition) is 1. The second-order valence-electron chi connectivity index (χ2n) is 3.41. The molecule has 0 radical (unpaired) electrons. The lowest BCUT2D eigenvalue weighted by Crippen LogP contribution is -2.48. The predicted molar refractivity (Wildman–Crippen MR) is 56.4 cm³/mol. The van der Waals surface area contributed by atoms with Gasteiger partial charge < -0.3 is 9.83 Å². The Kier molecular flexibility index (Phi) is 6.71. The van der Waals surface area contributed by atoms with Crippen molar-refractivity contribution >= 4 is 8.48 Å². The van der Waals surface area contributed by atoms with Gasteiger partial charge in [0.1, 0.15) is 0 Å². The van der Waals surface area contributed by atoms with E-state index >= 15 is 0 Å². The molecule has 0 bridgehead atoms. The second kappa shape index (κ2) is 6.63. The fourth-order valence-electron chi connectivity index (χ4n) is 1.42. The first-order valence-corrected chi connectivity index (χ1v) is 7.51. The minimum atomic E-state index is -1.77. The minimum absolute atomic E-state index is 0.850. The van der Waals surface area contributed by atoms with Crippen LogP contribution in [-0.4, -0.2) is 15.1 Å². The summed E-state index contributed by atoms with van der Waals surface area (Å²) in [5.74, 6) is 0. The van der Waals surface area contributed by atoms with Crippen LogP contribution in [0, 0.1) is 0 Å². The van der Waals surface area contributed by atoms with Gasteiger partial charge in [-0.15, -0.1) is 0 Å². The van der Waals surface area contributed by atoms with Crippen LogP contribution in [0.25, 0.3) is 0 Å². The van der Waals surface area contributed by atoms with Crippen molar-refractivity contribution in [2.24, 2.45) is 5.40 Å². The van der Waals surface area contributed by atoms with E-state index in [1.54, 1.807) is 0 Å². The van der Waals surface area contributed by atoms with Gasteiger partial charge in [-0.05, 0) is 18.5 Å². The lowest BCUT2D eigenvalue weighted by Gasteiger charge is -2.25. The SMILES string of the molecule is CCCO[Si](N)(CCC)CCC. The molecule has 0 atom stereocenters. The molecule has 0 amide bonds. The van der Waals surface area contributed by atoms with Gasteiger partial charge in [0.15, 0.2) is 0 Å². The normalized spacial score (nSPS) is 12.0. The average molecular weight is 189 g/mol. The van der Waals surface area contributed by atoms with Crippen molar-refractivity contribution in [3.05, 3.63) is 0 Å². The van der Waals surface area contributed by atoms with Crippen molar-refractivity contribution in [2.45, 2.75) is 52.1 Å². The molecule has 0 rings (SSSR count). The lowest BCUT2D eigenvalue weighted by molar-refractivity contribution is 0.297. The van der Waals surface area contributed by atoms with Crippen molar-refractivity contribution in [1.29, 1.82) is 0 Å². The number of rotatable bonds is 7. The molecule has 0 spiro atoms. The third kappa shape index (κ3) is 4.90. The maximum atomic E-state index is 6.22. The molecule has 12 heavy (non-hydrogen) atoms. The Morgan fingerprint density at radius 1 is 1.00 bits per heavy atom. The van der Waals surface area contributed by atoms with Crippen LogP contribution < -0.4 is 5.40 Å². The first kappa shape index (κ1) is 12.1. The maximum Gasteiger partial charge on any atom is 0.266 e. The molecular formula is C9H23NOSi. The molecule has 0 aliphatic carbocycles. The molecule has 0 aromatic rings. The third-order valence-electron chi connectivity index (χ3n) is 1.94. The second-order valence-corrected chi connectivity index (χ2v) is 6.83. The molecular weight excluding hydrogens is 166 g/mol. The fourth-order valence-corrected chi connectivity index (χ4v) is 4.26. The van der Waals surface area contributed by atoms with Crippen LogP contribution >= 0.6 is 0 Å². The maximum absolute atomic E-state index is 6.22. The molecule has 0 heterocycles. The molecule has 0 aromatic carbocycles. The summed E-state index contributed by atoms with van der Waals surface area (Å²) in [6, 6.07) is 2.22. The first-order valence-electron chi connectivity index (χ1n) is 5.11. The molecule has 2 nitrogen and oxygen atoms in total. The van der Waals surface area contributed by atoms with Gasteiger partial charge in [0.2, 0.25) is 0 Å². The van der Waals surface area contributed by atoms with E-state index in [1.807, 2.05) is 0 Å². The van der Waals surface area contributed by atoms with E-state index in [4.69, 9.17) is 9.83 Å². The molecule has 0 aromatic heterocycles. The molecule has 0 unspecified atom stereocenters. The zero-order chi connectivity index (χ0) is 9.45. The summed E-state index contributed by atoms with van der Waals surface area (Å²) in [5.41, 5.74) is 0. The topological polar surface area (TPSA) is 35.2 Å². The number of nitrogens with two attached hydrogens (primary N) is 1. The molecule has 0 saturated carbocycles. The Hall–Kier alpha value is 0.137. The van der Waals surface area contributed by atoms with Gasteiger partial charge in [-0.25, -0.2) is 0 Å². The van der Waals surface area contributed by atoms with Gasteiger partial charge in [-0.2, -0.15) is 0 Å². The molecule has 0 saturated heterocycles. The largest absolute Gasteiger partial charge is 0.403 e. The number of hydrogen-bond acceptors (Lipinski definition) is 2. The van der Waals surface area contributed by atoms with Crippen molar-refractivity contribution in [3.63, 3.8) is 0 Å². The van der Waals surface area contributed by atoms with Gasteiger partial charge in [0, 0.05) is 6.61 Å². The molecule has 0 fully saturated rings. The van der Waals surface area contributed by atoms with Crippen LogP contribution in [0.3, 0.4) is 0 Å². The highest BCUT2D eigenvalue weighted by molar-refractivity contribution is 6.70. The summed E-state index contributed by atoms with van der Waals surface area (Å²) in [6.45, 7) is 7.34. The zero-order valence-electron chi connectivity index (χ0n) is 8.73. The van der Waals surface area contributed by atoms with Crippen LogP contribution in [0.5, 0.6) is 0 Å². The predicted octanol–water partition coefficient (Wildman–Crippen LogP) is 2.63. The van der Waals surface area contributed by atoms with E-state index in [0.717, 1.165) is 38.0 Å². The highest BCUT2D eigenvalue weighted by Crippen LogP contribution is 2.15. The summed E-state index contributed by atoms with van der Waals surface area (Å²) >= 11 is 0. The molecule has 74 valence electrons. The smallest absolute Gasteiger partial charge is 0.266 e. The van der Waals surface area contributed by atoms with Crippen molar-refractivity contribution in [1.82, 2.24) is 0 Å². The van der Waals surface area contributed by atoms with Crippen LogP contribution in [-0.2, 0) is 4.43 Å². The Balaban J connectivity index is 3.80. The molecule has 0 aliphatic heterocycles. The fraction of sp³-hybridized carbons (Fsp3) is 1.00. The Labute approximate surface area is 77.7 Å². The lowest BCUT2D eigenvalue weighted by atomic mass is 10.5. The van der Waals surface area contributed by atoms with Gasteiger partial charge in [0.25, 0.3) is 8.48 Å². The Morgan fingerprint density at radius 2 is 1.50 bits per heavy atom. The van der Waals surface area contributed by atoms with Crippen LogP contribution in [0.1, 0.15) is 40.0 Å². The molecule has 0 aliphatic rings. The summed E-state index contributed by atoms with van der Waals surface area (Å²) in [6.07, 6.45) is 3.40. The van der Waals surface area contributed by atoms with Gasteiger partial charge in [-0.3, -0.25) is 0 Å². The summed E-state index contributed by atoms with van der Waals surface area (Å²) in [4.78, 5) is 0. The van der Waals surface area contributed by atoms with Gasteiger partial charge >= 0.3 is 0 Å². The van der Waals surface area contributed by atoms with E-state index in [1.165, 1.54) is 0 Å². The zero-order valence-corrected chi connectivity index (χ0v) is 9.73. The Morgan fingerprint density at radius 3 is 1.83 bits per heavy atom. The summed E-state index contributed by atoms with van der Waals surface area (Å²) in [5, 5.41) is 6.22. The third-order valence-corrected chi connectivity index (χ3v) is 5.41. The van der Waals surface area contributed by atoms with E-state index in [0.29, 0.717) is 0 Å². The minimum Gasteiger partial charge on any atom is -0.403 e. The Bertz CT molecular complexity index is 103. The van der Waals surface area contributed by atoms with E-state index < -0.39 is 8.48 Å².